The highest BCUT2D eigenvalue weighted by Crippen LogP contribution is 2.37. The van der Waals surface area contributed by atoms with Gasteiger partial charge >= 0.3 is 29.3 Å². The summed E-state index contributed by atoms with van der Waals surface area (Å²) in [6.07, 6.45) is 0. The first kappa shape index (κ1) is 22.1. The third kappa shape index (κ3) is 3.48. The van der Waals surface area contributed by atoms with Crippen LogP contribution in [-0.4, -0.2) is 56.5 Å². The number of carbonyl (C=O) groups is 2. The summed E-state index contributed by atoms with van der Waals surface area (Å²) in [7, 11) is 0. The Hall–Kier alpha value is -4.15. The monoisotopic (exact) mass is 447 g/mol. The van der Waals surface area contributed by atoms with Crippen molar-refractivity contribution in [2.45, 2.75) is 25.9 Å². The van der Waals surface area contributed by atoms with Crippen LogP contribution in [0.2, 0.25) is 5.02 Å². The highest BCUT2D eigenvalue weighted by Gasteiger charge is 2.48. The van der Waals surface area contributed by atoms with Crippen LogP contribution in [0.4, 0.5) is 17.3 Å². The summed E-state index contributed by atoms with van der Waals surface area (Å²) < 4.78 is 0.707. The first-order valence-electron chi connectivity index (χ1n) is 7.53. The molecule has 18 heteroatoms. The van der Waals surface area contributed by atoms with Crippen LogP contribution in [0.1, 0.15) is 23.5 Å². The van der Waals surface area contributed by atoms with Crippen LogP contribution in [0.15, 0.2) is 0 Å². The number of nitro groups is 3. The molecule has 2 rings (SSSR count). The summed E-state index contributed by atoms with van der Waals surface area (Å²) >= 11 is 5.77. The Bertz CT molecular complexity index is 1110. The van der Waals surface area contributed by atoms with E-state index < -0.39 is 66.8 Å². The number of carboxylic acid groups (broad SMARTS) is 2. The minimum absolute atomic E-state index is 0.276. The molecule has 0 aromatic carbocycles. The Kier molecular flexibility index (Phi) is 5.68. The second-order valence-electron chi connectivity index (χ2n) is 5.71. The summed E-state index contributed by atoms with van der Waals surface area (Å²) in [6.45, 7) is 2.05. The summed E-state index contributed by atoms with van der Waals surface area (Å²) in [5, 5.41) is 58.7. The molecule has 0 radical (unpaired) electrons. The van der Waals surface area contributed by atoms with Crippen LogP contribution in [-0.2, 0) is 9.59 Å². The van der Waals surface area contributed by atoms with E-state index in [1.54, 1.807) is 0 Å². The van der Waals surface area contributed by atoms with E-state index in [9.17, 15) is 50.1 Å². The molecule has 2 atom stereocenters. The van der Waals surface area contributed by atoms with Gasteiger partial charge in [0.05, 0.1) is 20.8 Å². The highest BCUT2D eigenvalue weighted by molar-refractivity contribution is 6.33. The van der Waals surface area contributed by atoms with E-state index in [0.717, 1.165) is 13.8 Å². The zero-order valence-electron chi connectivity index (χ0n) is 14.8. The fourth-order valence-electron chi connectivity index (χ4n) is 2.72. The third-order valence-corrected chi connectivity index (χ3v) is 4.46. The van der Waals surface area contributed by atoms with Crippen molar-refractivity contribution in [1.29, 1.82) is 0 Å². The normalized spacial score (nSPS) is 12.9. The second-order valence-corrected chi connectivity index (χ2v) is 6.09. The van der Waals surface area contributed by atoms with Gasteiger partial charge < -0.3 is 30.4 Å². The lowest BCUT2D eigenvalue weighted by Crippen LogP contribution is -2.36. The summed E-state index contributed by atoms with van der Waals surface area (Å²) in [4.78, 5) is 53.6. The summed E-state index contributed by atoms with van der Waals surface area (Å²) in [6, 6.07) is -4.57. The molecule has 0 saturated carbocycles. The summed E-state index contributed by atoms with van der Waals surface area (Å²) in [5.74, 6) is -6.06. The molecule has 2 aromatic heterocycles. The molecule has 2 N–H and O–H groups in total. The predicted octanol–water partition coefficient (Wildman–Crippen LogP) is 1.03. The van der Waals surface area contributed by atoms with Gasteiger partial charge in [0, 0.05) is 0 Å². The molecule has 2 aromatic rings. The zero-order chi connectivity index (χ0) is 23.1. The maximum Gasteiger partial charge on any atom is 0.468 e. The van der Waals surface area contributed by atoms with Crippen molar-refractivity contribution in [2.24, 2.45) is 0 Å². The zero-order valence-corrected chi connectivity index (χ0v) is 15.6. The maximum atomic E-state index is 11.9. The van der Waals surface area contributed by atoms with Crippen molar-refractivity contribution < 1.29 is 34.6 Å². The molecule has 0 aliphatic carbocycles. The van der Waals surface area contributed by atoms with Crippen LogP contribution in [0.5, 0.6) is 0 Å². The van der Waals surface area contributed by atoms with Gasteiger partial charge in [0.15, 0.2) is 5.02 Å². The first-order chi connectivity index (χ1) is 13.8. The quantitative estimate of drug-likeness (QED) is 0.425. The molecule has 17 nitrogen and oxygen atoms in total. The molecule has 2 unspecified atom stereocenters. The molecule has 30 heavy (non-hydrogen) atoms. The first-order valence-corrected chi connectivity index (χ1v) is 7.91. The van der Waals surface area contributed by atoms with Crippen molar-refractivity contribution in [3.05, 3.63) is 46.8 Å². The fourth-order valence-corrected chi connectivity index (χ4v) is 2.91. The Morgan fingerprint density at radius 3 is 1.57 bits per heavy atom. The molecule has 0 bridgehead atoms. The number of hydrogen-bond acceptors (Lipinski definition) is 10. The lowest BCUT2D eigenvalue weighted by molar-refractivity contribution is -0.424. The molecule has 0 spiro atoms. The molecule has 0 amide bonds. The molecule has 0 aliphatic heterocycles. The fraction of sp³-hybridized carbons (Fsp3) is 0.333. The van der Waals surface area contributed by atoms with Gasteiger partial charge in [0.1, 0.15) is 5.69 Å². The number of rotatable bonds is 8. The predicted molar refractivity (Wildman–Crippen MR) is 92.2 cm³/mol. The second kappa shape index (κ2) is 7.70. The largest absolute Gasteiger partial charge is 0.480 e. The van der Waals surface area contributed by atoms with Crippen molar-refractivity contribution >= 4 is 40.9 Å². The van der Waals surface area contributed by atoms with Crippen LogP contribution >= 0.6 is 11.6 Å². The van der Waals surface area contributed by atoms with Gasteiger partial charge in [-0.05, 0) is 23.7 Å². The number of carboxylic acids is 2. The lowest BCUT2D eigenvalue weighted by Gasteiger charge is -2.18. The van der Waals surface area contributed by atoms with Gasteiger partial charge in [-0.3, -0.25) is 10.1 Å². The Labute approximate surface area is 168 Å². The van der Waals surface area contributed by atoms with Gasteiger partial charge in [-0.1, -0.05) is 11.6 Å². The van der Waals surface area contributed by atoms with E-state index in [0.29, 0.717) is 4.68 Å². The molecular weight excluding hydrogens is 438 g/mol. The van der Waals surface area contributed by atoms with Crippen LogP contribution < -0.4 is 0 Å². The lowest BCUT2D eigenvalue weighted by atomic mass is 10.1. The van der Waals surface area contributed by atoms with Crippen LogP contribution in [0.25, 0.3) is 0 Å². The average molecular weight is 448 g/mol. The standard InChI is InChI=1S/C12H10ClN7O10/c1-3-5(13)9(19(27)28)14-16(3)7(11(21)22)8(12(23)24)17-4(2)6(18(25)26)10(15-17)20(29)30/h7-8H,1-2H3,(H,21,22)(H,23,24). The van der Waals surface area contributed by atoms with Crippen molar-refractivity contribution in [3.8, 4) is 0 Å². The number of nitrogens with zero attached hydrogens (tertiary/aromatic N) is 7. The van der Waals surface area contributed by atoms with Crippen molar-refractivity contribution in [2.75, 3.05) is 0 Å². The van der Waals surface area contributed by atoms with E-state index in [2.05, 4.69) is 10.2 Å². The van der Waals surface area contributed by atoms with E-state index in [-0.39, 0.29) is 10.4 Å². The highest BCUT2D eigenvalue weighted by atomic mass is 35.5. The molecule has 0 aliphatic rings. The molecular formula is C12H10ClN7O10. The van der Waals surface area contributed by atoms with Crippen molar-refractivity contribution in [3.63, 3.8) is 0 Å². The SMILES string of the molecule is Cc1c(Cl)c([N+](=O)[O-])nn1C(C(=O)O)C(C(=O)O)n1nc([N+](=O)[O-])c([N+](=O)[O-])c1C. The number of hydrogen-bond donors (Lipinski definition) is 2. The number of aromatic nitrogens is 4. The smallest absolute Gasteiger partial charge is 0.468 e. The topological polar surface area (TPSA) is 240 Å². The molecule has 0 saturated heterocycles. The molecule has 160 valence electrons. The van der Waals surface area contributed by atoms with E-state index in [1.807, 2.05) is 0 Å². The van der Waals surface area contributed by atoms with Crippen molar-refractivity contribution in [1.82, 2.24) is 19.6 Å². The maximum absolute atomic E-state index is 11.9. The van der Waals surface area contributed by atoms with Crippen LogP contribution in [0, 0.1) is 44.2 Å². The Balaban J connectivity index is 2.83. The minimum atomic E-state index is -2.32. The average Bonchev–Trinajstić information content (AvgIpc) is 3.10. The molecule has 0 fully saturated rings. The summed E-state index contributed by atoms with van der Waals surface area (Å²) in [5.41, 5.74) is -2.07. The van der Waals surface area contributed by atoms with E-state index in [4.69, 9.17) is 11.6 Å². The Morgan fingerprint density at radius 2 is 1.27 bits per heavy atom. The van der Waals surface area contributed by atoms with Crippen LogP contribution in [0.3, 0.4) is 0 Å². The molecule has 2 heterocycles. The van der Waals surface area contributed by atoms with Gasteiger partial charge in [0.2, 0.25) is 12.1 Å². The van der Waals surface area contributed by atoms with Gasteiger partial charge in [-0.25, -0.2) is 9.59 Å². The van der Waals surface area contributed by atoms with Gasteiger partial charge in [0.25, 0.3) is 0 Å². The van der Waals surface area contributed by atoms with Gasteiger partial charge in [-0.15, -0.1) is 0 Å². The minimum Gasteiger partial charge on any atom is -0.480 e. The number of halogens is 1. The third-order valence-electron chi connectivity index (χ3n) is 4.02. The Morgan fingerprint density at radius 1 is 0.867 bits per heavy atom. The van der Waals surface area contributed by atoms with E-state index in [1.165, 1.54) is 0 Å². The van der Waals surface area contributed by atoms with E-state index >= 15 is 0 Å². The number of aliphatic carboxylic acids is 2. The van der Waals surface area contributed by atoms with Gasteiger partial charge in [-0.2, -0.15) is 9.36 Å².